The molecule has 3 nitrogen and oxygen atoms in total. The highest BCUT2D eigenvalue weighted by Gasteiger charge is 2.14. The van der Waals surface area contributed by atoms with E-state index in [4.69, 9.17) is 9.84 Å². The van der Waals surface area contributed by atoms with Crippen LogP contribution in [0.15, 0.2) is 18.2 Å². The molecular formula is C12H18O3. The first-order valence-electron chi connectivity index (χ1n) is 4.98. The Balaban J connectivity index is 2.76. The molecule has 2 N–H and O–H groups in total. The van der Waals surface area contributed by atoms with Crippen LogP contribution in [0.3, 0.4) is 0 Å². The van der Waals surface area contributed by atoms with Crippen molar-refractivity contribution in [2.75, 3.05) is 6.61 Å². The van der Waals surface area contributed by atoms with Crippen molar-refractivity contribution in [3.8, 4) is 5.75 Å². The third kappa shape index (κ3) is 3.90. The minimum atomic E-state index is -0.863. The van der Waals surface area contributed by atoms with Crippen molar-refractivity contribution in [1.29, 1.82) is 0 Å². The molecule has 15 heavy (non-hydrogen) atoms. The van der Waals surface area contributed by atoms with Crippen molar-refractivity contribution in [1.82, 2.24) is 0 Å². The van der Waals surface area contributed by atoms with Crippen molar-refractivity contribution in [2.45, 2.75) is 33.0 Å². The van der Waals surface area contributed by atoms with Gasteiger partial charge in [-0.1, -0.05) is 17.7 Å². The molecular weight excluding hydrogens is 192 g/mol. The number of aryl methyl sites for hydroxylation is 1. The summed E-state index contributed by atoms with van der Waals surface area (Å²) in [5.74, 6) is 0.630. The molecule has 0 aliphatic carbocycles. The molecule has 0 amide bonds. The standard InChI is InChI=1S/C12H18O3/c1-9-4-5-11(10(6-9)7-13)15-8-12(2,3)14/h4-6,13-14H,7-8H2,1-3H3. The Morgan fingerprint density at radius 2 is 2.00 bits per heavy atom. The van der Waals surface area contributed by atoms with Crippen molar-refractivity contribution < 1.29 is 14.9 Å². The van der Waals surface area contributed by atoms with Gasteiger partial charge in [0.15, 0.2) is 0 Å². The summed E-state index contributed by atoms with van der Waals surface area (Å²) in [7, 11) is 0. The van der Waals surface area contributed by atoms with Crippen LogP contribution in [0, 0.1) is 6.92 Å². The van der Waals surface area contributed by atoms with Gasteiger partial charge < -0.3 is 14.9 Å². The first kappa shape index (κ1) is 12.0. The van der Waals surface area contributed by atoms with Gasteiger partial charge in [0.2, 0.25) is 0 Å². The van der Waals surface area contributed by atoms with Crippen LogP contribution in [0.2, 0.25) is 0 Å². The van der Waals surface area contributed by atoms with Crippen LogP contribution in [0.5, 0.6) is 5.75 Å². The lowest BCUT2D eigenvalue weighted by Gasteiger charge is -2.19. The first-order chi connectivity index (χ1) is 6.92. The second-order valence-electron chi connectivity index (χ2n) is 4.37. The van der Waals surface area contributed by atoms with E-state index in [-0.39, 0.29) is 13.2 Å². The fourth-order valence-electron chi connectivity index (χ4n) is 1.23. The van der Waals surface area contributed by atoms with Gasteiger partial charge in [0.05, 0.1) is 12.2 Å². The van der Waals surface area contributed by atoms with E-state index in [1.807, 2.05) is 25.1 Å². The average Bonchev–Trinajstić information content (AvgIpc) is 2.14. The van der Waals surface area contributed by atoms with Gasteiger partial charge in [0.1, 0.15) is 12.4 Å². The van der Waals surface area contributed by atoms with Crippen molar-refractivity contribution in [2.24, 2.45) is 0 Å². The van der Waals surface area contributed by atoms with Crippen LogP contribution in [-0.2, 0) is 6.61 Å². The lowest BCUT2D eigenvalue weighted by atomic mass is 10.1. The first-order valence-corrected chi connectivity index (χ1v) is 4.98. The van der Waals surface area contributed by atoms with Gasteiger partial charge in [-0.3, -0.25) is 0 Å². The number of hydrogen-bond acceptors (Lipinski definition) is 3. The molecule has 0 aromatic heterocycles. The van der Waals surface area contributed by atoms with Gasteiger partial charge in [-0.25, -0.2) is 0 Å². The number of hydrogen-bond donors (Lipinski definition) is 2. The highest BCUT2D eigenvalue weighted by molar-refractivity contribution is 5.36. The number of ether oxygens (including phenoxy) is 1. The summed E-state index contributed by atoms with van der Waals surface area (Å²) >= 11 is 0. The summed E-state index contributed by atoms with van der Waals surface area (Å²) in [4.78, 5) is 0. The molecule has 0 bridgehead atoms. The number of rotatable bonds is 4. The average molecular weight is 210 g/mol. The van der Waals surface area contributed by atoms with E-state index < -0.39 is 5.60 Å². The normalized spacial score (nSPS) is 11.5. The second-order valence-corrected chi connectivity index (χ2v) is 4.37. The largest absolute Gasteiger partial charge is 0.490 e. The van der Waals surface area contributed by atoms with Crippen molar-refractivity contribution in [3.05, 3.63) is 29.3 Å². The third-order valence-electron chi connectivity index (χ3n) is 1.97. The van der Waals surface area contributed by atoms with E-state index in [0.29, 0.717) is 5.75 Å². The molecule has 0 fully saturated rings. The van der Waals surface area contributed by atoms with Crippen LogP contribution < -0.4 is 4.74 Å². The lowest BCUT2D eigenvalue weighted by molar-refractivity contribution is 0.0277. The van der Waals surface area contributed by atoms with Gasteiger partial charge in [-0.2, -0.15) is 0 Å². The molecule has 1 rings (SSSR count). The maximum absolute atomic E-state index is 9.51. The molecule has 84 valence electrons. The van der Waals surface area contributed by atoms with Crippen LogP contribution in [0.25, 0.3) is 0 Å². The van der Waals surface area contributed by atoms with Crippen LogP contribution >= 0.6 is 0 Å². The Labute approximate surface area is 90.3 Å². The van der Waals surface area contributed by atoms with E-state index in [1.165, 1.54) is 0 Å². The maximum Gasteiger partial charge on any atom is 0.124 e. The minimum absolute atomic E-state index is 0.0527. The SMILES string of the molecule is Cc1ccc(OCC(C)(C)O)c(CO)c1. The van der Waals surface area contributed by atoms with Crippen LogP contribution in [0.1, 0.15) is 25.0 Å². The van der Waals surface area contributed by atoms with E-state index >= 15 is 0 Å². The Morgan fingerprint density at radius 3 is 2.53 bits per heavy atom. The summed E-state index contributed by atoms with van der Waals surface area (Å²) in [6.07, 6.45) is 0. The maximum atomic E-state index is 9.51. The fourth-order valence-corrected chi connectivity index (χ4v) is 1.23. The molecule has 1 aromatic rings. The van der Waals surface area contributed by atoms with Gasteiger partial charge in [0.25, 0.3) is 0 Å². The molecule has 0 heterocycles. The molecule has 1 aromatic carbocycles. The minimum Gasteiger partial charge on any atom is -0.490 e. The molecule has 0 spiro atoms. The van der Waals surface area contributed by atoms with Crippen molar-refractivity contribution in [3.63, 3.8) is 0 Å². The number of aliphatic hydroxyl groups is 2. The highest BCUT2D eigenvalue weighted by atomic mass is 16.5. The van der Waals surface area contributed by atoms with Gasteiger partial charge in [-0.15, -0.1) is 0 Å². The summed E-state index contributed by atoms with van der Waals surface area (Å²) < 4.78 is 5.44. The molecule has 0 radical (unpaired) electrons. The molecule has 0 aliphatic rings. The van der Waals surface area contributed by atoms with Crippen LogP contribution in [0.4, 0.5) is 0 Å². The third-order valence-corrected chi connectivity index (χ3v) is 1.97. The van der Waals surface area contributed by atoms with E-state index in [0.717, 1.165) is 11.1 Å². The topological polar surface area (TPSA) is 49.7 Å². The Morgan fingerprint density at radius 1 is 1.33 bits per heavy atom. The molecule has 0 atom stereocenters. The smallest absolute Gasteiger partial charge is 0.124 e. The molecule has 0 aliphatic heterocycles. The molecule has 3 heteroatoms. The molecule has 0 unspecified atom stereocenters. The molecule has 0 saturated carbocycles. The summed E-state index contributed by atoms with van der Waals surface area (Å²) in [6, 6.07) is 5.60. The van der Waals surface area contributed by atoms with E-state index in [2.05, 4.69) is 0 Å². The lowest BCUT2D eigenvalue weighted by Crippen LogP contribution is -2.28. The highest BCUT2D eigenvalue weighted by Crippen LogP contribution is 2.21. The molecule has 0 saturated heterocycles. The van der Waals surface area contributed by atoms with Crippen molar-refractivity contribution >= 4 is 0 Å². The fraction of sp³-hybridized carbons (Fsp3) is 0.500. The summed E-state index contributed by atoms with van der Waals surface area (Å²) in [5.41, 5.74) is 0.964. The second kappa shape index (κ2) is 4.64. The Kier molecular flexibility index (Phi) is 3.72. The van der Waals surface area contributed by atoms with Gasteiger partial charge >= 0.3 is 0 Å². The number of benzene rings is 1. The predicted octanol–water partition coefficient (Wildman–Crippen LogP) is 1.64. The zero-order chi connectivity index (χ0) is 11.5. The quantitative estimate of drug-likeness (QED) is 0.794. The predicted molar refractivity (Wildman–Crippen MR) is 58.9 cm³/mol. The van der Waals surface area contributed by atoms with E-state index in [9.17, 15) is 5.11 Å². The number of aliphatic hydroxyl groups excluding tert-OH is 1. The van der Waals surface area contributed by atoms with Gasteiger partial charge in [-0.05, 0) is 26.8 Å². The Bertz CT molecular complexity index is 326. The van der Waals surface area contributed by atoms with Crippen LogP contribution in [-0.4, -0.2) is 22.4 Å². The van der Waals surface area contributed by atoms with Gasteiger partial charge in [0, 0.05) is 5.56 Å². The monoisotopic (exact) mass is 210 g/mol. The zero-order valence-electron chi connectivity index (χ0n) is 9.45. The summed E-state index contributed by atoms with van der Waals surface area (Å²) in [5, 5.41) is 18.6. The Hall–Kier alpha value is -1.06. The summed E-state index contributed by atoms with van der Waals surface area (Å²) in [6.45, 7) is 5.48. The zero-order valence-corrected chi connectivity index (χ0v) is 9.45. The van der Waals surface area contributed by atoms with E-state index in [1.54, 1.807) is 13.8 Å².